The second-order valence-electron chi connectivity index (χ2n) is 4.58. The first kappa shape index (κ1) is 12.7. The molecule has 1 aromatic heterocycles. The molecule has 18 heavy (non-hydrogen) atoms. The molecule has 0 radical (unpaired) electrons. The van der Waals surface area contributed by atoms with Crippen molar-refractivity contribution in [3.8, 4) is 11.3 Å². The summed E-state index contributed by atoms with van der Waals surface area (Å²) in [6, 6.07) is 9.08. The first-order valence-electron chi connectivity index (χ1n) is 6.68. The molecule has 1 heterocycles. The number of nitrogens with zero attached hydrogens (tertiary/aromatic N) is 1. The molecule has 0 saturated heterocycles. The Labute approximate surface area is 109 Å². The quantitative estimate of drug-likeness (QED) is 0.803. The van der Waals surface area contributed by atoms with Crippen LogP contribution >= 0.6 is 0 Å². The molecule has 0 fully saturated rings. The van der Waals surface area contributed by atoms with Gasteiger partial charge in [-0.3, -0.25) is 0 Å². The van der Waals surface area contributed by atoms with E-state index in [1.807, 2.05) is 6.20 Å². The van der Waals surface area contributed by atoms with E-state index in [0.717, 1.165) is 12.1 Å². The third-order valence-electron chi connectivity index (χ3n) is 3.19. The zero-order valence-corrected chi connectivity index (χ0v) is 11.1. The highest BCUT2D eigenvalue weighted by Crippen LogP contribution is 2.20. The number of benzene rings is 1. The fraction of sp³-hybridized carbons (Fsp3) is 0.400. The summed E-state index contributed by atoms with van der Waals surface area (Å²) in [5.74, 6) is 0. The summed E-state index contributed by atoms with van der Waals surface area (Å²) in [5.41, 5.74) is 3.42. The van der Waals surface area contributed by atoms with Gasteiger partial charge in [0, 0.05) is 11.7 Å². The molecule has 0 amide bonds. The van der Waals surface area contributed by atoms with E-state index in [0.29, 0.717) is 6.04 Å². The molecule has 1 aromatic carbocycles. The molecule has 0 spiro atoms. The summed E-state index contributed by atoms with van der Waals surface area (Å²) in [7, 11) is 0. The van der Waals surface area contributed by atoms with Gasteiger partial charge in [0.1, 0.15) is 0 Å². The maximum atomic E-state index is 4.04. The van der Waals surface area contributed by atoms with Crippen molar-refractivity contribution < 1.29 is 0 Å². The van der Waals surface area contributed by atoms with Crippen molar-refractivity contribution in [3.63, 3.8) is 0 Å². The Morgan fingerprint density at radius 3 is 2.56 bits per heavy atom. The predicted molar refractivity (Wildman–Crippen MR) is 76.6 cm³/mol. The molecule has 0 aliphatic carbocycles. The lowest BCUT2D eigenvalue weighted by molar-refractivity contribution is 0.623. The second-order valence-corrected chi connectivity index (χ2v) is 4.58. The van der Waals surface area contributed by atoms with Gasteiger partial charge in [-0.2, -0.15) is 0 Å². The Hall–Kier alpha value is -1.77. The van der Waals surface area contributed by atoms with E-state index in [4.69, 9.17) is 0 Å². The number of hydrogen-bond donors (Lipinski definition) is 2. The molecule has 0 bridgehead atoms. The van der Waals surface area contributed by atoms with Gasteiger partial charge in [-0.25, -0.2) is 4.98 Å². The lowest BCUT2D eigenvalue weighted by Gasteiger charge is -2.17. The van der Waals surface area contributed by atoms with Gasteiger partial charge in [0.05, 0.1) is 18.2 Å². The van der Waals surface area contributed by atoms with Crippen molar-refractivity contribution in [1.29, 1.82) is 0 Å². The van der Waals surface area contributed by atoms with Crippen LogP contribution in [0.2, 0.25) is 0 Å². The Bertz CT molecular complexity index is 445. The molecule has 2 N–H and O–H groups in total. The standard InChI is InChI=1S/C15H21N3/c1-3-5-13(4-2)18-14-8-6-12(7-9-14)15-10-16-11-17-15/h6-11,13,18H,3-5H2,1-2H3,(H,16,17). The maximum absolute atomic E-state index is 4.04. The van der Waals surface area contributed by atoms with Gasteiger partial charge in [-0.15, -0.1) is 0 Å². The van der Waals surface area contributed by atoms with Crippen molar-refractivity contribution in [1.82, 2.24) is 9.97 Å². The number of hydrogen-bond acceptors (Lipinski definition) is 2. The number of aromatic nitrogens is 2. The number of rotatable bonds is 6. The molecule has 0 aliphatic rings. The summed E-state index contributed by atoms with van der Waals surface area (Å²) in [6.07, 6.45) is 7.15. The smallest absolute Gasteiger partial charge is 0.0924 e. The Morgan fingerprint density at radius 2 is 2.00 bits per heavy atom. The van der Waals surface area contributed by atoms with E-state index in [1.165, 1.54) is 24.1 Å². The number of aromatic amines is 1. The van der Waals surface area contributed by atoms with Crippen molar-refractivity contribution in [2.75, 3.05) is 5.32 Å². The van der Waals surface area contributed by atoms with Gasteiger partial charge in [-0.05, 0) is 30.5 Å². The SMILES string of the molecule is CCCC(CC)Nc1ccc(-c2cnc[nH]2)cc1. The Morgan fingerprint density at radius 1 is 1.22 bits per heavy atom. The molecule has 3 nitrogen and oxygen atoms in total. The van der Waals surface area contributed by atoms with Gasteiger partial charge < -0.3 is 10.3 Å². The largest absolute Gasteiger partial charge is 0.382 e. The van der Waals surface area contributed by atoms with Crippen molar-refractivity contribution in [2.24, 2.45) is 0 Å². The highest BCUT2D eigenvalue weighted by Gasteiger charge is 2.05. The molecule has 2 rings (SSSR count). The summed E-state index contributed by atoms with van der Waals surface area (Å²) in [4.78, 5) is 7.15. The molecule has 0 saturated carbocycles. The van der Waals surface area contributed by atoms with Crippen LogP contribution in [0.25, 0.3) is 11.3 Å². The molecule has 2 aromatic rings. The molecule has 0 aliphatic heterocycles. The van der Waals surface area contributed by atoms with E-state index in [-0.39, 0.29) is 0 Å². The molecular formula is C15H21N3. The van der Waals surface area contributed by atoms with E-state index in [2.05, 4.69) is 53.4 Å². The Kier molecular flexibility index (Phi) is 4.40. The van der Waals surface area contributed by atoms with Crippen LogP contribution in [-0.2, 0) is 0 Å². The fourth-order valence-electron chi connectivity index (χ4n) is 2.12. The average Bonchev–Trinajstić information content (AvgIpc) is 2.93. The third-order valence-corrected chi connectivity index (χ3v) is 3.19. The van der Waals surface area contributed by atoms with Crippen molar-refractivity contribution >= 4 is 5.69 Å². The van der Waals surface area contributed by atoms with E-state index < -0.39 is 0 Å². The minimum absolute atomic E-state index is 0.577. The summed E-state index contributed by atoms with van der Waals surface area (Å²) in [5, 5.41) is 3.58. The number of imidazole rings is 1. The predicted octanol–water partition coefficient (Wildman–Crippen LogP) is 4.07. The molecule has 3 heteroatoms. The van der Waals surface area contributed by atoms with E-state index in [1.54, 1.807) is 6.33 Å². The van der Waals surface area contributed by atoms with Gasteiger partial charge in [0.25, 0.3) is 0 Å². The zero-order valence-electron chi connectivity index (χ0n) is 11.1. The lowest BCUT2D eigenvalue weighted by atomic mass is 10.1. The fourth-order valence-corrected chi connectivity index (χ4v) is 2.12. The molecule has 1 unspecified atom stereocenters. The van der Waals surface area contributed by atoms with Crippen LogP contribution in [0, 0.1) is 0 Å². The molecule has 1 atom stereocenters. The van der Waals surface area contributed by atoms with Crippen LogP contribution in [0.1, 0.15) is 33.1 Å². The van der Waals surface area contributed by atoms with Gasteiger partial charge in [-0.1, -0.05) is 32.4 Å². The van der Waals surface area contributed by atoms with Crippen molar-refractivity contribution in [3.05, 3.63) is 36.8 Å². The van der Waals surface area contributed by atoms with Crippen LogP contribution in [-0.4, -0.2) is 16.0 Å². The van der Waals surface area contributed by atoms with Crippen LogP contribution in [0.4, 0.5) is 5.69 Å². The van der Waals surface area contributed by atoms with Gasteiger partial charge in [0.15, 0.2) is 0 Å². The van der Waals surface area contributed by atoms with Gasteiger partial charge >= 0.3 is 0 Å². The van der Waals surface area contributed by atoms with Gasteiger partial charge in [0.2, 0.25) is 0 Å². The highest BCUT2D eigenvalue weighted by molar-refractivity contribution is 5.62. The maximum Gasteiger partial charge on any atom is 0.0924 e. The highest BCUT2D eigenvalue weighted by atomic mass is 14.9. The Balaban J connectivity index is 2.03. The van der Waals surface area contributed by atoms with Crippen LogP contribution in [0.15, 0.2) is 36.8 Å². The summed E-state index contributed by atoms with van der Waals surface area (Å²) in [6.45, 7) is 4.46. The normalized spacial score (nSPS) is 12.3. The summed E-state index contributed by atoms with van der Waals surface area (Å²) >= 11 is 0. The topological polar surface area (TPSA) is 40.7 Å². The van der Waals surface area contributed by atoms with E-state index in [9.17, 15) is 0 Å². The summed E-state index contributed by atoms with van der Waals surface area (Å²) < 4.78 is 0. The average molecular weight is 243 g/mol. The first-order valence-corrected chi connectivity index (χ1v) is 6.68. The van der Waals surface area contributed by atoms with Crippen LogP contribution < -0.4 is 5.32 Å². The zero-order chi connectivity index (χ0) is 12.8. The number of nitrogens with one attached hydrogen (secondary N) is 2. The minimum Gasteiger partial charge on any atom is -0.382 e. The minimum atomic E-state index is 0.577. The first-order chi connectivity index (χ1) is 8.83. The number of H-pyrrole nitrogens is 1. The lowest BCUT2D eigenvalue weighted by Crippen LogP contribution is -2.17. The van der Waals surface area contributed by atoms with Crippen LogP contribution in [0.3, 0.4) is 0 Å². The van der Waals surface area contributed by atoms with Crippen LogP contribution in [0.5, 0.6) is 0 Å². The molecular weight excluding hydrogens is 222 g/mol. The third kappa shape index (κ3) is 3.13. The van der Waals surface area contributed by atoms with Crippen molar-refractivity contribution in [2.45, 2.75) is 39.2 Å². The number of anilines is 1. The molecule has 96 valence electrons. The second kappa shape index (κ2) is 6.24. The van der Waals surface area contributed by atoms with E-state index >= 15 is 0 Å². The monoisotopic (exact) mass is 243 g/mol.